The molecule has 2 rings (SSSR count). The predicted molar refractivity (Wildman–Crippen MR) is 101 cm³/mol. The number of carbonyl (C=O) groups is 2. The number of halogens is 2. The summed E-state index contributed by atoms with van der Waals surface area (Å²) in [6.07, 6.45) is -3.57. The minimum atomic E-state index is -1.27. The zero-order valence-electron chi connectivity index (χ0n) is 14.2. The molecular formula is C15H16ClIN2O8. The number of aromatic nitrogens is 2. The van der Waals surface area contributed by atoms with Crippen molar-refractivity contribution in [3.8, 4) is 0 Å². The van der Waals surface area contributed by atoms with Gasteiger partial charge in [0.25, 0.3) is 5.56 Å². The van der Waals surface area contributed by atoms with Crippen LogP contribution in [0.4, 0.5) is 0 Å². The van der Waals surface area contributed by atoms with E-state index < -0.39 is 54.3 Å². The number of esters is 2. The highest BCUT2D eigenvalue weighted by Gasteiger charge is 2.50. The number of aliphatic hydroxyl groups is 1. The molecule has 0 bridgehead atoms. The van der Waals surface area contributed by atoms with Gasteiger partial charge in [-0.15, -0.1) is 0 Å². The van der Waals surface area contributed by atoms with Crippen molar-refractivity contribution in [1.82, 2.24) is 9.55 Å². The zero-order valence-corrected chi connectivity index (χ0v) is 17.1. The molecule has 2 heterocycles. The number of nitrogens with one attached hydrogen (secondary N) is 1. The molecule has 10 nitrogen and oxygen atoms in total. The number of H-pyrrole nitrogens is 1. The molecule has 0 amide bonds. The topological polar surface area (TPSA) is 137 Å². The highest BCUT2D eigenvalue weighted by Crippen LogP contribution is 2.33. The summed E-state index contributed by atoms with van der Waals surface area (Å²) in [6.45, 7) is 1.71. The van der Waals surface area contributed by atoms with Gasteiger partial charge in [0.05, 0.1) is 17.2 Å². The van der Waals surface area contributed by atoms with Crippen LogP contribution in [0.3, 0.4) is 0 Å². The second-order valence-corrected chi connectivity index (χ2v) is 6.59. The van der Waals surface area contributed by atoms with Crippen molar-refractivity contribution >= 4 is 51.2 Å². The fraction of sp³-hybridized carbons (Fsp3) is 0.467. The minimum absolute atomic E-state index is 0.0210. The van der Waals surface area contributed by atoms with Gasteiger partial charge in [0.2, 0.25) is 0 Å². The third-order valence-electron chi connectivity index (χ3n) is 3.66. The van der Waals surface area contributed by atoms with E-state index >= 15 is 0 Å². The molecule has 0 saturated carbocycles. The molecule has 0 aromatic carbocycles. The van der Waals surface area contributed by atoms with Crippen LogP contribution in [0.25, 0.3) is 5.03 Å². The molecule has 0 aliphatic carbocycles. The van der Waals surface area contributed by atoms with E-state index in [-0.39, 0.29) is 10.6 Å². The lowest BCUT2D eigenvalue weighted by atomic mass is 10.1. The number of aromatic amines is 1. The van der Waals surface area contributed by atoms with Crippen molar-refractivity contribution in [3.63, 3.8) is 0 Å². The van der Waals surface area contributed by atoms with Crippen LogP contribution in [0, 0.1) is 0 Å². The largest absolute Gasteiger partial charge is 0.456 e. The Labute approximate surface area is 171 Å². The highest BCUT2D eigenvalue weighted by atomic mass is 127. The maximum Gasteiger partial charge on any atom is 0.330 e. The van der Waals surface area contributed by atoms with Gasteiger partial charge in [-0.2, -0.15) is 0 Å². The monoisotopic (exact) mass is 514 g/mol. The van der Waals surface area contributed by atoms with Gasteiger partial charge in [0.15, 0.2) is 18.4 Å². The Morgan fingerprint density at radius 1 is 1.33 bits per heavy atom. The molecule has 4 atom stereocenters. The van der Waals surface area contributed by atoms with Crippen molar-refractivity contribution in [1.29, 1.82) is 0 Å². The van der Waals surface area contributed by atoms with Gasteiger partial charge >= 0.3 is 17.6 Å². The molecule has 12 heteroatoms. The van der Waals surface area contributed by atoms with E-state index in [0.29, 0.717) is 0 Å². The first-order valence-corrected chi connectivity index (χ1v) is 9.24. The smallest absolute Gasteiger partial charge is 0.330 e. The van der Waals surface area contributed by atoms with Gasteiger partial charge in [-0.25, -0.2) is 4.79 Å². The number of aliphatic hydroxyl groups excluding tert-OH is 1. The first kappa shape index (κ1) is 21.6. The first-order valence-electron chi connectivity index (χ1n) is 7.62. The summed E-state index contributed by atoms with van der Waals surface area (Å²) in [5.74, 6) is -1.41. The molecule has 1 saturated heterocycles. The molecule has 1 fully saturated rings. The van der Waals surface area contributed by atoms with E-state index in [0.717, 1.165) is 24.6 Å². The van der Waals surface area contributed by atoms with Gasteiger partial charge in [-0.05, 0) is 4.08 Å². The van der Waals surface area contributed by atoms with Gasteiger partial charge in [0.1, 0.15) is 6.10 Å². The second-order valence-electron chi connectivity index (χ2n) is 5.56. The zero-order chi connectivity index (χ0) is 20.3. The number of hydrogen-bond acceptors (Lipinski definition) is 8. The van der Waals surface area contributed by atoms with Crippen LogP contribution in [-0.4, -0.2) is 51.5 Å². The average molecular weight is 515 g/mol. The lowest BCUT2D eigenvalue weighted by Crippen LogP contribution is -2.42. The SMILES string of the molecule is CC(=O)O[C@@H]1[C@H](OC(C)=O)[C@@H](CO)O[C@H]1n1cc(/C(Cl)=C\I)c(=O)[nH]c1=O. The molecule has 1 aromatic rings. The normalized spacial score (nSPS) is 25.3. The Kier molecular flexibility index (Phi) is 7.19. The molecule has 2 N–H and O–H groups in total. The van der Waals surface area contributed by atoms with Gasteiger partial charge in [-0.1, -0.05) is 34.2 Å². The third kappa shape index (κ3) is 4.78. The molecule has 1 aromatic heterocycles. The summed E-state index contributed by atoms with van der Waals surface area (Å²) in [5.41, 5.74) is -1.59. The fourth-order valence-electron chi connectivity index (χ4n) is 2.63. The van der Waals surface area contributed by atoms with Crippen molar-refractivity contribution in [3.05, 3.63) is 36.7 Å². The fourth-order valence-corrected chi connectivity index (χ4v) is 3.10. The highest BCUT2D eigenvalue weighted by molar-refractivity contribution is 14.1. The van der Waals surface area contributed by atoms with Crippen molar-refractivity contribution in [2.45, 2.75) is 38.4 Å². The van der Waals surface area contributed by atoms with Crippen LogP contribution < -0.4 is 11.2 Å². The summed E-state index contributed by atoms with van der Waals surface area (Å²) in [7, 11) is 0. The Morgan fingerprint density at radius 3 is 2.44 bits per heavy atom. The number of nitrogens with zero attached hydrogens (tertiary/aromatic N) is 1. The molecule has 0 spiro atoms. The summed E-state index contributed by atoms with van der Waals surface area (Å²) >= 11 is 7.81. The lowest BCUT2D eigenvalue weighted by Gasteiger charge is -2.23. The number of carbonyl (C=O) groups excluding carboxylic acids is 2. The van der Waals surface area contributed by atoms with Crippen molar-refractivity contribution < 1.29 is 28.9 Å². The molecular weight excluding hydrogens is 499 g/mol. The Hall–Kier alpha value is -1.70. The molecule has 27 heavy (non-hydrogen) atoms. The Bertz CT molecular complexity index is 879. The first-order chi connectivity index (χ1) is 12.7. The third-order valence-corrected chi connectivity index (χ3v) is 4.97. The molecule has 148 valence electrons. The number of hydrogen-bond donors (Lipinski definition) is 2. The van der Waals surface area contributed by atoms with Crippen molar-refractivity contribution in [2.24, 2.45) is 0 Å². The maximum absolute atomic E-state index is 12.3. The minimum Gasteiger partial charge on any atom is -0.456 e. The maximum atomic E-state index is 12.3. The number of rotatable bonds is 5. The van der Waals surface area contributed by atoms with E-state index in [9.17, 15) is 24.3 Å². The van der Waals surface area contributed by atoms with Crippen LogP contribution in [-0.2, 0) is 23.8 Å². The van der Waals surface area contributed by atoms with E-state index in [1.165, 1.54) is 4.08 Å². The quantitative estimate of drug-likeness (QED) is 0.422. The summed E-state index contributed by atoms with van der Waals surface area (Å²) in [6, 6.07) is 0. The van der Waals surface area contributed by atoms with Crippen LogP contribution >= 0.6 is 34.2 Å². The van der Waals surface area contributed by atoms with Crippen LogP contribution in [0.5, 0.6) is 0 Å². The summed E-state index contributed by atoms with van der Waals surface area (Å²) in [4.78, 5) is 49.3. The molecule has 1 aliphatic rings. The standard InChI is InChI=1S/C15H16ClIN2O8/c1-6(21)25-11-10(5-20)27-14(12(11)26-7(2)22)19-4-8(9(16)3-17)13(23)18-15(19)24/h3-4,10-12,14,20H,5H2,1-2H3,(H,18,23,24)/b9-3+/t10-,11-,12-,14-/m1/s1. The molecule has 0 radical (unpaired) electrons. The average Bonchev–Trinajstić information content (AvgIpc) is 2.90. The summed E-state index contributed by atoms with van der Waals surface area (Å²) in [5, 5.41) is 9.60. The van der Waals surface area contributed by atoms with E-state index in [1.54, 1.807) is 0 Å². The van der Waals surface area contributed by atoms with Crippen LogP contribution in [0.1, 0.15) is 25.6 Å². The summed E-state index contributed by atoms with van der Waals surface area (Å²) < 4.78 is 18.3. The number of ether oxygens (including phenoxy) is 3. The van der Waals surface area contributed by atoms with Crippen molar-refractivity contribution in [2.75, 3.05) is 6.61 Å². The molecule has 1 aliphatic heterocycles. The van der Waals surface area contributed by atoms with E-state index in [4.69, 9.17) is 25.8 Å². The Balaban J connectivity index is 2.57. The Morgan fingerprint density at radius 2 is 1.93 bits per heavy atom. The van der Waals surface area contributed by atoms with Gasteiger partial charge in [-0.3, -0.25) is 23.9 Å². The predicted octanol–water partition coefficient (Wildman–Crippen LogP) is 0.262. The lowest BCUT2D eigenvalue weighted by molar-refractivity contribution is -0.165. The van der Waals surface area contributed by atoms with Gasteiger partial charge in [0, 0.05) is 20.0 Å². The van der Waals surface area contributed by atoms with E-state index in [1.807, 2.05) is 22.6 Å². The molecule has 0 unspecified atom stereocenters. The van der Waals surface area contributed by atoms with Crippen LogP contribution in [0.2, 0.25) is 0 Å². The van der Waals surface area contributed by atoms with E-state index in [2.05, 4.69) is 4.98 Å². The van der Waals surface area contributed by atoms with Gasteiger partial charge < -0.3 is 19.3 Å². The second kappa shape index (κ2) is 8.99. The van der Waals surface area contributed by atoms with Crippen LogP contribution in [0.15, 0.2) is 19.9 Å².